The normalized spacial score (nSPS) is 12.5. The Hall–Kier alpha value is -2.47. The van der Waals surface area contributed by atoms with Crippen LogP contribution < -0.4 is 5.32 Å². The molecule has 0 fully saturated rings. The lowest BCUT2D eigenvalue weighted by molar-refractivity contribution is 0.357. The van der Waals surface area contributed by atoms with Gasteiger partial charge in [-0.2, -0.15) is 10.1 Å². The average molecular weight is 283 g/mol. The maximum Gasteiger partial charge on any atom is 0.240 e. The van der Waals surface area contributed by atoms with Crippen molar-refractivity contribution in [2.75, 3.05) is 0 Å². The number of hydrogen-bond donors (Lipinski definition) is 1. The third kappa shape index (κ3) is 3.17. The van der Waals surface area contributed by atoms with E-state index in [0.717, 1.165) is 5.69 Å². The first-order valence-electron chi connectivity index (χ1n) is 6.85. The van der Waals surface area contributed by atoms with Gasteiger partial charge in [-0.1, -0.05) is 17.3 Å². The van der Waals surface area contributed by atoms with Gasteiger partial charge < -0.3 is 9.84 Å². The molecule has 0 spiro atoms. The van der Waals surface area contributed by atoms with Gasteiger partial charge in [0.05, 0.1) is 12.2 Å². The summed E-state index contributed by atoms with van der Waals surface area (Å²) in [5, 5.41) is 11.4. The monoisotopic (exact) mass is 283 g/mol. The van der Waals surface area contributed by atoms with Gasteiger partial charge in [0.25, 0.3) is 0 Å². The van der Waals surface area contributed by atoms with Crippen LogP contribution in [-0.4, -0.2) is 19.9 Å². The fourth-order valence-corrected chi connectivity index (χ4v) is 2.13. The maximum absolute atomic E-state index is 5.10. The molecule has 6 nitrogen and oxygen atoms in total. The van der Waals surface area contributed by atoms with E-state index in [1.54, 1.807) is 6.20 Å². The van der Waals surface area contributed by atoms with Crippen LogP contribution >= 0.6 is 0 Å². The smallest absolute Gasteiger partial charge is 0.240 e. The van der Waals surface area contributed by atoms with E-state index >= 15 is 0 Å². The van der Waals surface area contributed by atoms with Crippen LogP contribution in [0.5, 0.6) is 0 Å². The minimum absolute atomic E-state index is 0.174. The molecule has 0 amide bonds. The molecule has 0 radical (unpaired) electrons. The predicted molar refractivity (Wildman–Crippen MR) is 77.9 cm³/mol. The van der Waals surface area contributed by atoms with Crippen LogP contribution in [0.3, 0.4) is 0 Å². The lowest BCUT2D eigenvalue weighted by Crippen LogP contribution is -2.18. The molecule has 1 N–H and O–H groups in total. The molecule has 1 atom stereocenters. The summed E-state index contributed by atoms with van der Waals surface area (Å²) < 4.78 is 6.94. The molecule has 21 heavy (non-hydrogen) atoms. The Bertz CT molecular complexity index is 704. The van der Waals surface area contributed by atoms with Crippen molar-refractivity contribution in [1.82, 2.24) is 25.2 Å². The number of rotatable bonds is 5. The van der Waals surface area contributed by atoms with Crippen LogP contribution in [0.25, 0.3) is 5.69 Å². The summed E-state index contributed by atoms with van der Waals surface area (Å²) in [6, 6.07) is 10.3. The Labute approximate surface area is 122 Å². The molecular weight excluding hydrogens is 266 g/mol. The van der Waals surface area contributed by atoms with E-state index in [2.05, 4.69) is 39.6 Å². The molecule has 0 saturated heterocycles. The SMILES string of the molecule is Cc1noc(CN[C@@H](C)c2cccc(-n3cccn3)c2)n1. The van der Waals surface area contributed by atoms with Crippen LogP contribution in [0.1, 0.15) is 30.2 Å². The molecule has 3 aromatic rings. The van der Waals surface area contributed by atoms with E-state index in [1.165, 1.54) is 5.56 Å². The van der Waals surface area contributed by atoms with Crippen molar-refractivity contribution in [2.45, 2.75) is 26.4 Å². The highest BCUT2D eigenvalue weighted by molar-refractivity contribution is 5.36. The van der Waals surface area contributed by atoms with Crippen LogP contribution in [0, 0.1) is 6.92 Å². The number of aromatic nitrogens is 4. The van der Waals surface area contributed by atoms with Gasteiger partial charge in [0.15, 0.2) is 5.82 Å². The Morgan fingerprint density at radius 1 is 1.33 bits per heavy atom. The van der Waals surface area contributed by atoms with Crippen LogP contribution in [0.4, 0.5) is 0 Å². The summed E-state index contributed by atoms with van der Waals surface area (Å²) in [6.45, 7) is 4.46. The molecule has 0 unspecified atom stereocenters. The van der Waals surface area contributed by atoms with Gasteiger partial charge in [-0.15, -0.1) is 0 Å². The summed E-state index contributed by atoms with van der Waals surface area (Å²) in [6.07, 6.45) is 3.70. The summed E-state index contributed by atoms with van der Waals surface area (Å²) in [5.41, 5.74) is 2.22. The molecular formula is C15H17N5O. The highest BCUT2D eigenvalue weighted by Gasteiger charge is 2.09. The number of benzene rings is 1. The van der Waals surface area contributed by atoms with E-state index in [0.29, 0.717) is 18.3 Å². The lowest BCUT2D eigenvalue weighted by Gasteiger charge is -2.14. The van der Waals surface area contributed by atoms with Gasteiger partial charge in [-0.05, 0) is 37.6 Å². The van der Waals surface area contributed by atoms with Crippen molar-refractivity contribution in [2.24, 2.45) is 0 Å². The van der Waals surface area contributed by atoms with Crippen molar-refractivity contribution < 1.29 is 4.52 Å². The fraction of sp³-hybridized carbons (Fsp3) is 0.267. The van der Waals surface area contributed by atoms with Gasteiger partial charge in [-0.25, -0.2) is 4.68 Å². The largest absolute Gasteiger partial charge is 0.338 e. The van der Waals surface area contributed by atoms with E-state index in [-0.39, 0.29) is 6.04 Å². The first-order valence-corrected chi connectivity index (χ1v) is 6.85. The Morgan fingerprint density at radius 3 is 2.95 bits per heavy atom. The molecule has 0 aliphatic carbocycles. The van der Waals surface area contributed by atoms with Gasteiger partial charge in [0.1, 0.15) is 0 Å². The molecule has 0 bridgehead atoms. The van der Waals surface area contributed by atoms with Gasteiger partial charge in [0.2, 0.25) is 5.89 Å². The number of nitrogens with zero attached hydrogens (tertiary/aromatic N) is 4. The summed E-state index contributed by atoms with van der Waals surface area (Å²) in [4.78, 5) is 4.18. The topological polar surface area (TPSA) is 68.8 Å². The van der Waals surface area contributed by atoms with E-state index in [4.69, 9.17) is 4.52 Å². The first-order chi connectivity index (χ1) is 10.2. The van der Waals surface area contributed by atoms with Crippen molar-refractivity contribution in [1.29, 1.82) is 0 Å². The van der Waals surface area contributed by atoms with Crippen molar-refractivity contribution in [3.63, 3.8) is 0 Å². The first kappa shape index (κ1) is 13.5. The summed E-state index contributed by atoms with van der Waals surface area (Å²) in [7, 11) is 0. The van der Waals surface area contributed by atoms with Crippen LogP contribution in [-0.2, 0) is 6.54 Å². The standard InChI is InChI=1S/C15H17N5O/c1-11(16-10-15-18-12(2)19-21-15)13-5-3-6-14(9-13)20-8-4-7-17-20/h3-9,11,16H,10H2,1-2H3/t11-/m0/s1. The third-order valence-corrected chi connectivity index (χ3v) is 3.27. The quantitative estimate of drug-likeness (QED) is 0.778. The molecule has 0 saturated carbocycles. The minimum Gasteiger partial charge on any atom is -0.338 e. The summed E-state index contributed by atoms with van der Waals surface area (Å²) >= 11 is 0. The summed E-state index contributed by atoms with van der Waals surface area (Å²) in [5.74, 6) is 1.25. The highest BCUT2D eigenvalue weighted by Crippen LogP contribution is 2.16. The van der Waals surface area contributed by atoms with E-state index in [1.807, 2.05) is 36.0 Å². The lowest BCUT2D eigenvalue weighted by atomic mass is 10.1. The Balaban J connectivity index is 1.69. The second kappa shape index (κ2) is 5.88. The molecule has 2 heterocycles. The number of aryl methyl sites for hydroxylation is 1. The zero-order valence-corrected chi connectivity index (χ0v) is 12.0. The van der Waals surface area contributed by atoms with Crippen LogP contribution in [0.2, 0.25) is 0 Å². The van der Waals surface area contributed by atoms with Crippen LogP contribution in [0.15, 0.2) is 47.2 Å². The van der Waals surface area contributed by atoms with E-state index in [9.17, 15) is 0 Å². The molecule has 6 heteroatoms. The minimum atomic E-state index is 0.174. The Morgan fingerprint density at radius 2 is 2.24 bits per heavy atom. The predicted octanol–water partition coefficient (Wildman–Crippen LogP) is 2.41. The maximum atomic E-state index is 5.10. The van der Waals surface area contributed by atoms with Crippen molar-refractivity contribution in [3.05, 3.63) is 60.0 Å². The fourth-order valence-electron chi connectivity index (χ4n) is 2.13. The zero-order chi connectivity index (χ0) is 14.7. The second-order valence-corrected chi connectivity index (χ2v) is 4.88. The Kier molecular flexibility index (Phi) is 3.79. The van der Waals surface area contributed by atoms with Gasteiger partial charge in [0, 0.05) is 18.4 Å². The third-order valence-electron chi connectivity index (χ3n) is 3.27. The van der Waals surface area contributed by atoms with Crippen molar-refractivity contribution in [3.8, 4) is 5.69 Å². The molecule has 0 aliphatic rings. The molecule has 108 valence electrons. The highest BCUT2D eigenvalue weighted by atomic mass is 16.5. The number of hydrogen-bond acceptors (Lipinski definition) is 5. The van der Waals surface area contributed by atoms with E-state index < -0.39 is 0 Å². The molecule has 3 rings (SSSR count). The molecule has 2 aromatic heterocycles. The van der Waals surface area contributed by atoms with Gasteiger partial charge in [-0.3, -0.25) is 0 Å². The second-order valence-electron chi connectivity index (χ2n) is 4.88. The zero-order valence-electron chi connectivity index (χ0n) is 12.0. The number of nitrogens with one attached hydrogen (secondary N) is 1. The van der Waals surface area contributed by atoms with Crippen molar-refractivity contribution >= 4 is 0 Å². The molecule has 0 aliphatic heterocycles. The molecule has 1 aromatic carbocycles. The van der Waals surface area contributed by atoms with Gasteiger partial charge >= 0.3 is 0 Å². The average Bonchev–Trinajstić information content (AvgIpc) is 3.16.